The summed E-state index contributed by atoms with van der Waals surface area (Å²) in [7, 11) is 4.03. The summed E-state index contributed by atoms with van der Waals surface area (Å²) in [6, 6.07) is 0. The first kappa shape index (κ1) is 15.4. The molecule has 0 bridgehead atoms. The molecule has 0 heterocycles. The van der Waals surface area contributed by atoms with E-state index in [1.807, 2.05) is 18.9 Å². The predicted octanol–water partition coefficient (Wildman–Crippen LogP) is 2.37. The topological polar surface area (TPSA) is 23.6 Å². The number of carbonyl (C=O) groups is 1. The van der Waals surface area contributed by atoms with E-state index < -0.39 is 0 Å². The average molecular weight is 228 g/mol. The molecule has 0 aliphatic heterocycles. The van der Waals surface area contributed by atoms with E-state index in [1.54, 1.807) is 0 Å². The summed E-state index contributed by atoms with van der Waals surface area (Å²) >= 11 is 0. The lowest BCUT2D eigenvalue weighted by Crippen LogP contribution is -2.34. The molecule has 3 heteroatoms. The van der Waals surface area contributed by atoms with Crippen LogP contribution in [0.4, 0.5) is 0 Å². The van der Waals surface area contributed by atoms with Crippen molar-refractivity contribution in [3.63, 3.8) is 0 Å². The van der Waals surface area contributed by atoms with Gasteiger partial charge in [-0.15, -0.1) is 0 Å². The molecule has 0 atom stereocenters. The molecule has 0 unspecified atom stereocenters. The fraction of sp³-hybridized carbons (Fsp3) is 0.923. The molecular formula is C13H28N2O. The Labute approximate surface area is 101 Å². The molecule has 0 fully saturated rings. The maximum atomic E-state index is 11.5. The van der Waals surface area contributed by atoms with Crippen LogP contribution in [0.15, 0.2) is 0 Å². The first-order valence-electron chi connectivity index (χ1n) is 6.54. The Balaban J connectivity index is 3.57. The number of rotatable bonds is 9. The van der Waals surface area contributed by atoms with Gasteiger partial charge in [-0.3, -0.25) is 4.79 Å². The highest BCUT2D eigenvalue weighted by molar-refractivity contribution is 5.75. The van der Waals surface area contributed by atoms with Gasteiger partial charge in [0.25, 0.3) is 0 Å². The maximum Gasteiger partial charge on any atom is 0.222 e. The van der Waals surface area contributed by atoms with Crippen molar-refractivity contribution in [1.29, 1.82) is 0 Å². The highest BCUT2D eigenvalue weighted by atomic mass is 16.2. The van der Waals surface area contributed by atoms with Crippen molar-refractivity contribution >= 4 is 5.91 Å². The lowest BCUT2D eigenvalue weighted by Gasteiger charge is -2.22. The Morgan fingerprint density at radius 2 is 1.62 bits per heavy atom. The normalized spacial score (nSPS) is 10.8. The van der Waals surface area contributed by atoms with Gasteiger partial charge in [-0.1, -0.05) is 26.7 Å². The number of likely N-dealkylation sites (N-methyl/N-ethyl adjacent to an activating group) is 2. The Hall–Kier alpha value is -0.570. The summed E-state index contributed by atoms with van der Waals surface area (Å²) in [6.07, 6.45) is 5.45. The molecule has 96 valence electrons. The van der Waals surface area contributed by atoms with Crippen LogP contribution in [0.2, 0.25) is 0 Å². The molecule has 0 saturated carbocycles. The minimum atomic E-state index is 0.268. The minimum Gasteiger partial charge on any atom is -0.344 e. The first-order valence-corrected chi connectivity index (χ1v) is 6.54. The molecule has 0 spiro atoms. The summed E-state index contributed by atoms with van der Waals surface area (Å²) < 4.78 is 0. The fourth-order valence-electron chi connectivity index (χ4n) is 1.59. The number of amides is 1. The van der Waals surface area contributed by atoms with Gasteiger partial charge < -0.3 is 9.80 Å². The molecule has 0 aromatic rings. The van der Waals surface area contributed by atoms with Crippen molar-refractivity contribution < 1.29 is 4.79 Å². The molecule has 0 radical (unpaired) electrons. The van der Waals surface area contributed by atoms with Crippen LogP contribution in [0.5, 0.6) is 0 Å². The van der Waals surface area contributed by atoms with Gasteiger partial charge in [-0.2, -0.15) is 0 Å². The van der Waals surface area contributed by atoms with Crippen LogP contribution in [0.3, 0.4) is 0 Å². The second-order valence-corrected chi connectivity index (χ2v) is 4.58. The standard InChI is InChI=1S/C13H28N2O/c1-5-7-8-10-14(3)11-12-15(4)13(16)9-6-2/h5-12H2,1-4H3. The summed E-state index contributed by atoms with van der Waals surface area (Å²) in [5.41, 5.74) is 0. The van der Waals surface area contributed by atoms with Gasteiger partial charge in [0.15, 0.2) is 0 Å². The smallest absolute Gasteiger partial charge is 0.222 e. The van der Waals surface area contributed by atoms with Gasteiger partial charge >= 0.3 is 0 Å². The molecule has 16 heavy (non-hydrogen) atoms. The maximum absolute atomic E-state index is 11.5. The van der Waals surface area contributed by atoms with E-state index in [1.165, 1.54) is 19.3 Å². The largest absolute Gasteiger partial charge is 0.344 e. The number of carbonyl (C=O) groups excluding carboxylic acids is 1. The lowest BCUT2D eigenvalue weighted by molar-refractivity contribution is -0.130. The Kier molecular flexibility index (Phi) is 9.30. The van der Waals surface area contributed by atoms with E-state index in [0.29, 0.717) is 6.42 Å². The number of nitrogens with zero attached hydrogens (tertiary/aromatic N) is 2. The van der Waals surface area contributed by atoms with Crippen LogP contribution in [0, 0.1) is 0 Å². The zero-order valence-corrected chi connectivity index (χ0v) is 11.5. The monoisotopic (exact) mass is 228 g/mol. The van der Waals surface area contributed by atoms with Crippen molar-refractivity contribution in [3.05, 3.63) is 0 Å². The number of hydrogen-bond donors (Lipinski definition) is 0. The molecule has 1 amide bonds. The summed E-state index contributed by atoms with van der Waals surface area (Å²) in [5.74, 6) is 0.268. The van der Waals surface area contributed by atoms with Crippen LogP contribution in [0.1, 0.15) is 46.0 Å². The molecular weight excluding hydrogens is 200 g/mol. The van der Waals surface area contributed by atoms with Gasteiger partial charge in [0.1, 0.15) is 0 Å². The van der Waals surface area contributed by atoms with E-state index in [4.69, 9.17) is 0 Å². The van der Waals surface area contributed by atoms with Crippen LogP contribution < -0.4 is 0 Å². The second-order valence-electron chi connectivity index (χ2n) is 4.58. The van der Waals surface area contributed by atoms with Gasteiger partial charge in [0, 0.05) is 26.6 Å². The summed E-state index contributed by atoms with van der Waals surface area (Å²) in [4.78, 5) is 15.7. The molecule has 0 rings (SSSR count). The Morgan fingerprint density at radius 1 is 0.938 bits per heavy atom. The quantitative estimate of drug-likeness (QED) is 0.566. The molecule has 0 aromatic heterocycles. The van der Waals surface area contributed by atoms with E-state index in [0.717, 1.165) is 26.1 Å². The van der Waals surface area contributed by atoms with Gasteiger partial charge in [-0.25, -0.2) is 0 Å². The third kappa shape index (κ3) is 7.69. The molecule has 0 aliphatic carbocycles. The minimum absolute atomic E-state index is 0.268. The van der Waals surface area contributed by atoms with Crippen molar-refractivity contribution in [2.45, 2.75) is 46.0 Å². The van der Waals surface area contributed by atoms with Gasteiger partial charge in [-0.05, 0) is 26.4 Å². The summed E-state index contributed by atoms with van der Waals surface area (Å²) in [5, 5.41) is 0. The van der Waals surface area contributed by atoms with Gasteiger partial charge in [0.05, 0.1) is 0 Å². The zero-order chi connectivity index (χ0) is 12.4. The van der Waals surface area contributed by atoms with Crippen LogP contribution >= 0.6 is 0 Å². The Morgan fingerprint density at radius 3 is 2.19 bits per heavy atom. The average Bonchev–Trinajstić information content (AvgIpc) is 2.26. The van der Waals surface area contributed by atoms with Crippen LogP contribution in [-0.2, 0) is 4.79 Å². The van der Waals surface area contributed by atoms with Gasteiger partial charge in [0.2, 0.25) is 5.91 Å². The SMILES string of the molecule is CCCCCN(C)CCN(C)C(=O)CCC. The van der Waals surface area contributed by atoms with E-state index in [9.17, 15) is 4.79 Å². The third-order valence-electron chi connectivity index (χ3n) is 2.85. The zero-order valence-electron chi connectivity index (χ0n) is 11.5. The van der Waals surface area contributed by atoms with E-state index in [2.05, 4.69) is 18.9 Å². The van der Waals surface area contributed by atoms with Crippen molar-refractivity contribution in [1.82, 2.24) is 9.80 Å². The highest BCUT2D eigenvalue weighted by Crippen LogP contribution is 1.98. The molecule has 3 nitrogen and oxygen atoms in total. The van der Waals surface area contributed by atoms with E-state index in [-0.39, 0.29) is 5.91 Å². The van der Waals surface area contributed by atoms with Crippen molar-refractivity contribution in [2.24, 2.45) is 0 Å². The molecule has 0 aromatic carbocycles. The molecule has 0 aliphatic rings. The lowest BCUT2D eigenvalue weighted by atomic mass is 10.2. The molecule has 0 N–H and O–H groups in total. The van der Waals surface area contributed by atoms with E-state index >= 15 is 0 Å². The fourth-order valence-corrected chi connectivity index (χ4v) is 1.59. The summed E-state index contributed by atoms with van der Waals surface area (Å²) in [6.45, 7) is 7.24. The van der Waals surface area contributed by atoms with Crippen LogP contribution in [0.25, 0.3) is 0 Å². The first-order chi connectivity index (χ1) is 7.61. The van der Waals surface area contributed by atoms with Crippen molar-refractivity contribution in [2.75, 3.05) is 33.7 Å². The Bertz CT molecular complexity index is 183. The number of unbranched alkanes of at least 4 members (excludes halogenated alkanes) is 2. The second kappa shape index (κ2) is 9.64. The number of hydrogen-bond acceptors (Lipinski definition) is 2. The third-order valence-corrected chi connectivity index (χ3v) is 2.85. The van der Waals surface area contributed by atoms with Crippen LogP contribution in [-0.4, -0.2) is 49.4 Å². The van der Waals surface area contributed by atoms with Crippen molar-refractivity contribution in [3.8, 4) is 0 Å². The highest BCUT2D eigenvalue weighted by Gasteiger charge is 2.07. The predicted molar refractivity (Wildman–Crippen MR) is 69.6 cm³/mol. The molecule has 0 saturated heterocycles.